The zero-order chi connectivity index (χ0) is 81.1. The highest BCUT2D eigenvalue weighted by Crippen LogP contribution is 2.45. The number of carbonyl (C=O) groups excluding carboxylic acids is 4. The van der Waals surface area contributed by atoms with Crippen molar-refractivity contribution in [2.45, 2.75) is 496 Å². The second-order valence-corrected chi connectivity index (χ2v) is 35.7. The molecule has 0 bridgehead atoms. The molecule has 0 aromatic carbocycles. The smallest absolute Gasteiger partial charge is 0.462 e. The summed E-state index contributed by atoms with van der Waals surface area (Å²) in [5.74, 6) is -1.39. The molecule has 0 aliphatic rings. The van der Waals surface area contributed by atoms with Crippen LogP contribution in [-0.4, -0.2) is 96.7 Å². The summed E-state index contributed by atoms with van der Waals surface area (Å²) in [5, 5.41) is 10.7. The van der Waals surface area contributed by atoms with Gasteiger partial charge in [0.05, 0.1) is 26.4 Å². The Bertz CT molecular complexity index is 2200. The van der Waals surface area contributed by atoms with Crippen LogP contribution in [-0.2, 0) is 65.4 Å². The van der Waals surface area contributed by atoms with E-state index in [1.807, 2.05) is 0 Å². The Hall–Kier alpha value is -2.46. The fraction of sp³-hybridized carbons (Fsp3) is 0.913. The van der Waals surface area contributed by atoms with Crippen LogP contribution in [0.15, 0.2) is 24.3 Å². The minimum absolute atomic E-state index is 0.0853. The average molecular weight is 1620 g/mol. The van der Waals surface area contributed by atoms with Gasteiger partial charge in [0.25, 0.3) is 0 Å². The van der Waals surface area contributed by atoms with Crippen molar-refractivity contribution in [1.82, 2.24) is 0 Å². The summed E-state index contributed by atoms with van der Waals surface area (Å²) in [5.41, 5.74) is 0. The molecular weight excluding hydrogens is 1440 g/mol. The normalized spacial score (nSPS) is 13.8. The van der Waals surface area contributed by atoms with Gasteiger partial charge in [0, 0.05) is 25.7 Å². The molecule has 0 aliphatic heterocycles. The van der Waals surface area contributed by atoms with Crippen molar-refractivity contribution >= 4 is 39.5 Å². The number of esters is 4. The first-order valence-electron chi connectivity index (χ1n) is 47.0. The topological polar surface area (TPSA) is 237 Å². The fourth-order valence-corrected chi connectivity index (χ4v) is 15.6. The van der Waals surface area contributed by atoms with Gasteiger partial charge in [-0.25, -0.2) is 9.13 Å². The summed E-state index contributed by atoms with van der Waals surface area (Å²) in [4.78, 5) is 73.4. The van der Waals surface area contributed by atoms with Crippen molar-refractivity contribution in [3.63, 3.8) is 0 Å². The Morgan fingerprint density at radius 3 is 0.739 bits per heavy atom. The van der Waals surface area contributed by atoms with E-state index in [-0.39, 0.29) is 25.7 Å². The van der Waals surface area contributed by atoms with Crippen LogP contribution in [0.2, 0.25) is 0 Å². The lowest BCUT2D eigenvalue weighted by Gasteiger charge is -2.21. The average Bonchev–Trinajstić information content (AvgIpc) is 0.899. The number of phosphoric ester groups is 2. The van der Waals surface area contributed by atoms with Crippen LogP contribution in [0.3, 0.4) is 0 Å². The van der Waals surface area contributed by atoms with E-state index in [0.717, 1.165) is 109 Å². The predicted octanol–water partition coefficient (Wildman–Crippen LogP) is 28.3. The number of rotatable bonds is 90. The monoisotopic (exact) mass is 1620 g/mol. The molecule has 0 saturated heterocycles. The van der Waals surface area contributed by atoms with Crippen LogP contribution in [0, 0.1) is 5.92 Å². The van der Waals surface area contributed by atoms with Gasteiger partial charge in [-0.05, 0) is 57.3 Å². The van der Waals surface area contributed by atoms with E-state index in [4.69, 9.17) is 37.0 Å². The summed E-state index contributed by atoms with van der Waals surface area (Å²) in [6.45, 7) is 7.30. The summed E-state index contributed by atoms with van der Waals surface area (Å²) >= 11 is 0. The molecule has 0 saturated carbocycles. The molecular formula is C92H176O17P2. The summed E-state index contributed by atoms with van der Waals surface area (Å²) < 4.78 is 69.0. The van der Waals surface area contributed by atoms with Crippen LogP contribution in [0.5, 0.6) is 0 Å². The molecule has 17 nitrogen and oxygen atoms in total. The molecule has 0 amide bonds. The van der Waals surface area contributed by atoms with Crippen molar-refractivity contribution in [2.75, 3.05) is 39.6 Å². The molecule has 0 aromatic heterocycles. The SMILES string of the molecule is CCCCCC/C=C\C=C/CCCCCCCC(=O)O[C@H](COC(=O)CCCCCCCCCCCC(C)C)COP(=O)(O)OC[C@H](O)COP(=O)(O)OC[C@@H](COC(=O)CCCCCCCCCCCCCCCCCCCCCCCC)OC(=O)CCCCCCCCCCCCCCCCCCCCCCCC. The van der Waals surface area contributed by atoms with Gasteiger partial charge in [0.2, 0.25) is 0 Å². The van der Waals surface area contributed by atoms with E-state index in [0.29, 0.717) is 25.7 Å². The van der Waals surface area contributed by atoms with Gasteiger partial charge in [0.15, 0.2) is 12.2 Å². The van der Waals surface area contributed by atoms with Crippen LogP contribution in [0.1, 0.15) is 478 Å². The van der Waals surface area contributed by atoms with Crippen molar-refractivity contribution in [3.8, 4) is 0 Å². The molecule has 0 heterocycles. The maximum Gasteiger partial charge on any atom is 0.472 e. The van der Waals surface area contributed by atoms with E-state index in [2.05, 4.69) is 58.9 Å². The number of aliphatic hydroxyl groups is 1. The third-order valence-corrected chi connectivity index (χ3v) is 23.1. The molecule has 0 fully saturated rings. The maximum absolute atomic E-state index is 13.2. The number of allylic oxidation sites excluding steroid dienone is 4. The van der Waals surface area contributed by atoms with Crippen molar-refractivity contribution in [1.29, 1.82) is 0 Å². The first kappa shape index (κ1) is 109. The maximum atomic E-state index is 13.2. The molecule has 5 atom stereocenters. The molecule has 656 valence electrons. The Morgan fingerprint density at radius 2 is 0.486 bits per heavy atom. The molecule has 19 heteroatoms. The quantitative estimate of drug-likeness (QED) is 0.0169. The predicted molar refractivity (Wildman–Crippen MR) is 460 cm³/mol. The Balaban J connectivity index is 5.25. The Kier molecular flexibility index (Phi) is 82.1. The largest absolute Gasteiger partial charge is 0.472 e. The zero-order valence-corrected chi connectivity index (χ0v) is 74.4. The van der Waals surface area contributed by atoms with E-state index >= 15 is 0 Å². The van der Waals surface area contributed by atoms with Crippen molar-refractivity contribution < 1.29 is 80.2 Å². The third kappa shape index (κ3) is 85.2. The first-order valence-corrected chi connectivity index (χ1v) is 49.9. The number of unbranched alkanes of at least 4 members (excludes halogenated alkanes) is 59. The molecule has 0 aromatic rings. The number of hydrogen-bond acceptors (Lipinski definition) is 15. The number of ether oxygens (including phenoxy) is 4. The van der Waals surface area contributed by atoms with Gasteiger partial charge in [-0.3, -0.25) is 37.3 Å². The molecule has 0 radical (unpaired) electrons. The lowest BCUT2D eigenvalue weighted by atomic mass is 10.0. The lowest BCUT2D eigenvalue weighted by molar-refractivity contribution is -0.161. The van der Waals surface area contributed by atoms with Crippen LogP contribution >= 0.6 is 15.6 Å². The number of hydrogen-bond donors (Lipinski definition) is 3. The van der Waals surface area contributed by atoms with E-state index in [9.17, 15) is 43.2 Å². The summed E-state index contributed by atoms with van der Waals surface area (Å²) in [6.07, 6.45) is 83.0. The van der Waals surface area contributed by atoms with Gasteiger partial charge in [-0.1, -0.05) is 425 Å². The highest BCUT2D eigenvalue weighted by molar-refractivity contribution is 7.47. The van der Waals surface area contributed by atoms with Gasteiger partial charge in [0.1, 0.15) is 19.3 Å². The fourth-order valence-electron chi connectivity index (χ4n) is 14.0. The molecule has 3 N–H and O–H groups in total. The van der Waals surface area contributed by atoms with E-state index < -0.39 is 97.5 Å². The second kappa shape index (κ2) is 84.0. The van der Waals surface area contributed by atoms with Gasteiger partial charge in [-0.2, -0.15) is 0 Å². The summed E-state index contributed by atoms with van der Waals surface area (Å²) in [7, 11) is -9.95. The first-order chi connectivity index (χ1) is 54.0. The van der Waals surface area contributed by atoms with Gasteiger partial charge >= 0.3 is 39.5 Å². The van der Waals surface area contributed by atoms with Gasteiger partial charge < -0.3 is 33.8 Å². The van der Waals surface area contributed by atoms with E-state index in [1.165, 1.54) is 289 Å². The molecule has 0 spiro atoms. The number of phosphoric acid groups is 2. The molecule has 111 heavy (non-hydrogen) atoms. The molecule has 0 rings (SSSR count). The molecule has 0 aliphatic carbocycles. The zero-order valence-electron chi connectivity index (χ0n) is 72.6. The molecule has 2 unspecified atom stereocenters. The highest BCUT2D eigenvalue weighted by atomic mass is 31.2. The van der Waals surface area contributed by atoms with Crippen molar-refractivity contribution in [2.24, 2.45) is 5.92 Å². The standard InChI is InChI=1S/C92H176O17P2/c1-6-9-12-15-18-21-24-27-30-32-34-36-38-40-42-45-47-50-55-60-65-70-75-89(94)102-81-87(108-92(97)78-73-68-63-57-52-49-46-43-41-39-37-35-33-31-28-25-22-19-16-13-10-7-2)83-106-110(98,99)104-79-86(93)80-105-111(100,101)107-84-88(82-103-90(95)76-71-66-61-58-53-54-59-64-69-74-85(4)5)109-91(96)77-72-67-62-56-51-48-44-29-26-23-20-17-14-11-8-3/h23,26,29,44,85-88,93H,6-22,24-25,27-28,30-43,45-84H2,1-5H3,(H,98,99)(H,100,101)/b26-23-,44-29-/t86-,87-,88-/m1/s1. The minimum Gasteiger partial charge on any atom is -0.462 e. The second-order valence-electron chi connectivity index (χ2n) is 32.8. The number of aliphatic hydroxyl groups excluding tert-OH is 1. The van der Waals surface area contributed by atoms with Crippen LogP contribution in [0.4, 0.5) is 0 Å². The summed E-state index contributed by atoms with van der Waals surface area (Å²) in [6, 6.07) is 0. The Morgan fingerprint density at radius 1 is 0.279 bits per heavy atom. The Labute approximate surface area is 682 Å². The van der Waals surface area contributed by atoms with Crippen molar-refractivity contribution in [3.05, 3.63) is 24.3 Å². The highest BCUT2D eigenvalue weighted by Gasteiger charge is 2.31. The third-order valence-electron chi connectivity index (χ3n) is 21.2. The lowest BCUT2D eigenvalue weighted by Crippen LogP contribution is -2.30. The van der Waals surface area contributed by atoms with E-state index in [1.54, 1.807) is 0 Å². The van der Waals surface area contributed by atoms with Crippen LogP contribution < -0.4 is 0 Å². The van der Waals surface area contributed by atoms with Crippen LogP contribution in [0.25, 0.3) is 0 Å². The van der Waals surface area contributed by atoms with Gasteiger partial charge in [-0.15, -0.1) is 0 Å². The number of carbonyl (C=O) groups is 4. The minimum atomic E-state index is -4.97.